The maximum atomic E-state index is 12.6. The Labute approximate surface area is 137 Å². The highest BCUT2D eigenvalue weighted by Crippen LogP contribution is 2.17. The van der Waals surface area contributed by atoms with Crippen molar-refractivity contribution in [2.24, 2.45) is 0 Å². The van der Waals surface area contributed by atoms with Gasteiger partial charge in [-0.3, -0.25) is 4.79 Å². The molecule has 0 aliphatic rings. The number of nitrogens with zero attached hydrogens (tertiary/aromatic N) is 1. The third-order valence-corrected chi connectivity index (χ3v) is 3.88. The fourth-order valence-corrected chi connectivity index (χ4v) is 2.78. The summed E-state index contributed by atoms with van der Waals surface area (Å²) in [6.45, 7) is 10.6. The standard InChI is InChI=1S/C18H22NO.BrH/c1-12-9-14(3)18(15(4)10-12)17(20)11-19-8-6-7-13(2)16(19)5;/h6-10H,11H2,1-5H3;1H/q+1;/p-1. The number of aryl methyl sites for hydroxylation is 4. The van der Waals surface area contributed by atoms with Crippen molar-refractivity contribution < 1.29 is 26.3 Å². The molecule has 1 aromatic carbocycles. The fourth-order valence-electron chi connectivity index (χ4n) is 2.78. The third-order valence-electron chi connectivity index (χ3n) is 3.88. The number of hydrogen-bond donors (Lipinski definition) is 0. The first kappa shape index (κ1) is 17.6. The van der Waals surface area contributed by atoms with Gasteiger partial charge in [-0.15, -0.1) is 0 Å². The van der Waals surface area contributed by atoms with E-state index in [1.807, 2.05) is 30.7 Å². The maximum absolute atomic E-state index is 12.6. The van der Waals surface area contributed by atoms with Gasteiger partial charge in [-0.2, -0.15) is 4.57 Å². The third kappa shape index (κ3) is 3.79. The fraction of sp³-hybridized carbons (Fsp3) is 0.333. The molecule has 21 heavy (non-hydrogen) atoms. The lowest BCUT2D eigenvalue weighted by Crippen LogP contribution is -3.00. The number of carbonyl (C=O) groups excluding carboxylic acids is 1. The van der Waals surface area contributed by atoms with Gasteiger partial charge in [0.1, 0.15) is 0 Å². The Morgan fingerprint density at radius 2 is 1.57 bits per heavy atom. The van der Waals surface area contributed by atoms with Crippen molar-refractivity contribution in [3.8, 4) is 0 Å². The van der Waals surface area contributed by atoms with E-state index in [9.17, 15) is 4.79 Å². The smallest absolute Gasteiger partial charge is 0.228 e. The number of carbonyl (C=O) groups is 1. The van der Waals surface area contributed by atoms with E-state index in [1.165, 1.54) is 11.1 Å². The van der Waals surface area contributed by atoms with Gasteiger partial charge in [-0.25, -0.2) is 0 Å². The average molecular weight is 348 g/mol. The minimum absolute atomic E-state index is 0. The number of rotatable bonds is 3. The molecule has 2 nitrogen and oxygen atoms in total. The molecule has 0 fully saturated rings. The second-order valence-electron chi connectivity index (χ2n) is 5.60. The molecule has 0 aliphatic carbocycles. The molecule has 3 heteroatoms. The molecule has 2 aromatic rings. The van der Waals surface area contributed by atoms with Crippen LogP contribution in [0, 0.1) is 34.6 Å². The summed E-state index contributed by atoms with van der Waals surface area (Å²) in [5.41, 5.74) is 6.55. The molecule has 0 radical (unpaired) electrons. The molecule has 1 heterocycles. The molecule has 0 atom stereocenters. The molecule has 2 rings (SSSR count). The van der Waals surface area contributed by atoms with E-state index in [0.29, 0.717) is 6.54 Å². The van der Waals surface area contributed by atoms with E-state index < -0.39 is 0 Å². The van der Waals surface area contributed by atoms with Gasteiger partial charge in [0.15, 0.2) is 11.9 Å². The molecule has 0 N–H and O–H groups in total. The first-order valence-electron chi connectivity index (χ1n) is 6.97. The van der Waals surface area contributed by atoms with E-state index >= 15 is 0 Å². The van der Waals surface area contributed by atoms with Crippen molar-refractivity contribution >= 4 is 5.78 Å². The van der Waals surface area contributed by atoms with Gasteiger partial charge in [0.05, 0.1) is 0 Å². The Hall–Kier alpha value is -1.48. The average Bonchev–Trinajstić information content (AvgIpc) is 2.33. The van der Waals surface area contributed by atoms with E-state index in [1.54, 1.807) is 0 Å². The molecular formula is C18H22BrNO. The minimum atomic E-state index is 0. The first-order chi connectivity index (χ1) is 9.40. The number of aromatic nitrogens is 1. The number of benzene rings is 1. The summed E-state index contributed by atoms with van der Waals surface area (Å²) in [7, 11) is 0. The summed E-state index contributed by atoms with van der Waals surface area (Å²) in [4.78, 5) is 12.6. The largest absolute Gasteiger partial charge is 1.00 e. The van der Waals surface area contributed by atoms with Gasteiger partial charge < -0.3 is 17.0 Å². The van der Waals surface area contributed by atoms with Crippen LogP contribution in [0.25, 0.3) is 0 Å². The van der Waals surface area contributed by atoms with Crippen LogP contribution in [0.1, 0.15) is 38.3 Å². The topological polar surface area (TPSA) is 20.9 Å². The molecule has 112 valence electrons. The lowest BCUT2D eigenvalue weighted by molar-refractivity contribution is -0.689. The number of ketones is 1. The van der Waals surface area contributed by atoms with Gasteiger partial charge in [-0.1, -0.05) is 17.7 Å². The van der Waals surface area contributed by atoms with Crippen molar-refractivity contribution in [1.29, 1.82) is 0 Å². The normalized spacial score (nSPS) is 10.1. The lowest BCUT2D eigenvalue weighted by Gasteiger charge is -2.09. The zero-order chi connectivity index (χ0) is 14.9. The highest BCUT2D eigenvalue weighted by atomic mass is 79.9. The summed E-state index contributed by atoms with van der Waals surface area (Å²) in [6.07, 6.45) is 1.97. The van der Waals surface area contributed by atoms with Gasteiger partial charge >= 0.3 is 0 Å². The van der Waals surface area contributed by atoms with E-state index in [-0.39, 0.29) is 22.8 Å². The van der Waals surface area contributed by atoms with Gasteiger partial charge in [0, 0.05) is 24.1 Å². The second-order valence-corrected chi connectivity index (χ2v) is 5.60. The van der Waals surface area contributed by atoms with Crippen LogP contribution in [0.3, 0.4) is 0 Å². The summed E-state index contributed by atoms with van der Waals surface area (Å²) in [6, 6.07) is 8.21. The zero-order valence-electron chi connectivity index (χ0n) is 13.3. The predicted molar refractivity (Wildman–Crippen MR) is 81.1 cm³/mol. The predicted octanol–water partition coefficient (Wildman–Crippen LogP) is 0.403. The van der Waals surface area contributed by atoms with Crippen molar-refractivity contribution in [2.75, 3.05) is 0 Å². The SMILES string of the molecule is Cc1cc(C)c(C(=O)C[n+]2cccc(C)c2C)c(C)c1.[Br-]. The monoisotopic (exact) mass is 347 g/mol. The Kier molecular flexibility index (Phi) is 5.85. The van der Waals surface area contributed by atoms with Crippen LogP contribution < -0.4 is 21.5 Å². The quantitative estimate of drug-likeness (QED) is 0.581. The van der Waals surface area contributed by atoms with Crippen molar-refractivity contribution in [1.82, 2.24) is 0 Å². The van der Waals surface area contributed by atoms with Crippen molar-refractivity contribution in [3.63, 3.8) is 0 Å². The number of halogens is 1. The molecule has 0 spiro atoms. The number of pyridine rings is 1. The van der Waals surface area contributed by atoms with Crippen LogP contribution >= 0.6 is 0 Å². The zero-order valence-corrected chi connectivity index (χ0v) is 14.9. The maximum Gasteiger partial charge on any atom is 0.228 e. The Morgan fingerprint density at radius 3 is 2.14 bits per heavy atom. The molecule has 0 amide bonds. The van der Waals surface area contributed by atoms with Gasteiger partial charge in [0.2, 0.25) is 12.3 Å². The Balaban J connectivity index is 0.00000220. The lowest BCUT2D eigenvalue weighted by atomic mass is 9.96. The summed E-state index contributed by atoms with van der Waals surface area (Å²) >= 11 is 0. The number of hydrogen-bond acceptors (Lipinski definition) is 1. The molecule has 0 saturated carbocycles. The van der Waals surface area contributed by atoms with Crippen molar-refractivity contribution in [3.05, 3.63) is 64.0 Å². The van der Waals surface area contributed by atoms with Crippen LogP contribution in [0.15, 0.2) is 30.5 Å². The second kappa shape index (κ2) is 6.99. The van der Waals surface area contributed by atoms with Crippen LogP contribution in [-0.2, 0) is 6.54 Å². The van der Waals surface area contributed by atoms with Gasteiger partial charge in [-0.05, 0) is 44.9 Å². The molecule has 0 bridgehead atoms. The number of Topliss-reactive ketones (excluding diaryl/α,β-unsaturated/α-hetero) is 1. The molecule has 0 unspecified atom stereocenters. The van der Waals surface area contributed by atoms with Gasteiger partial charge in [0.25, 0.3) is 0 Å². The van der Waals surface area contributed by atoms with E-state index in [0.717, 1.165) is 22.4 Å². The highest BCUT2D eigenvalue weighted by molar-refractivity contribution is 5.98. The van der Waals surface area contributed by atoms with Crippen LogP contribution in [0.4, 0.5) is 0 Å². The van der Waals surface area contributed by atoms with Crippen LogP contribution in [-0.4, -0.2) is 5.78 Å². The van der Waals surface area contributed by atoms with Crippen LogP contribution in [0.5, 0.6) is 0 Å². The summed E-state index contributed by atoms with van der Waals surface area (Å²) in [5, 5.41) is 0. The Bertz CT molecular complexity index is 654. The molecular weight excluding hydrogens is 326 g/mol. The molecule has 1 aromatic heterocycles. The summed E-state index contributed by atoms with van der Waals surface area (Å²) in [5.74, 6) is 0.179. The Morgan fingerprint density at radius 1 is 1.00 bits per heavy atom. The minimum Gasteiger partial charge on any atom is -1.00 e. The first-order valence-corrected chi connectivity index (χ1v) is 6.97. The highest BCUT2D eigenvalue weighted by Gasteiger charge is 2.19. The summed E-state index contributed by atoms with van der Waals surface area (Å²) < 4.78 is 2.02. The molecule has 0 aliphatic heterocycles. The van der Waals surface area contributed by atoms with E-state index in [4.69, 9.17) is 0 Å². The van der Waals surface area contributed by atoms with E-state index in [2.05, 4.69) is 39.0 Å². The van der Waals surface area contributed by atoms with Crippen LogP contribution in [0.2, 0.25) is 0 Å². The molecule has 0 saturated heterocycles. The van der Waals surface area contributed by atoms with Crippen molar-refractivity contribution in [2.45, 2.75) is 41.2 Å².